The van der Waals surface area contributed by atoms with Gasteiger partial charge in [0.15, 0.2) is 0 Å². The first-order chi connectivity index (χ1) is 11.8. The van der Waals surface area contributed by atoms with E-state index in [1.165, 1.54) is 6.92 Å². The summed E-state index contributed by atoms with van der Waals surface area (Å²) in [6.45, 7) is 3.91. The van der Waals surface area contributed by atoms with E-state index in [1.54, 1.807) is 0 Å². The van der Waals surface area contributed by atoms with E-state index < -0.39 is 0 Å². The molecule has 0 spiro atoms. The van der Waals surface area contributed by atoms with Gasteiger partial charge in [-0.1, -0.05) is 22.9 Å². The van der Waals surface area contributed by atoms with Crippen LogP contribution in [0.3, 0.4) is 0 Å². The lowest BCUT2D eigenvalue weighted by Gasteiger charge is -2.60. The highest BCUT2D eigenvalue weighted by Crippen LogP contribution is 2.63. The standard InChI is InChI=1S/C20H31BrO4/c1-10(22)25-19-13-3-4-15-18(14(13)9-16(19)21)17(24)8-11-7-12(23)5-6-20(11,15)2/h11-19,23-24H,3-9H2,1-2H3/t11?,12-,13-,14?,15?,16+,17-,18?,19+,20-/m0/s1. The van der Waals surface area contributed by atoms with Crippen molar-refractivity contribution < 1.29 is 19.7 Å². The molecule has 0 radical (unpaired) electrons. The maximum absolute atomic E-state index is 11.5. The molecule has 0 aromatic carbocycles. The summed E-state index contributed by atoms with van der Waals surface area (Å²) in [6, 6.07) is 0. The molecule has 0 bridgehead atoms. The van der Waals surface area contributed by atoms with Gasteiger partial charge in [-0.2, -0.15) is 0 Å². The number of hydrogen-bond acceptors (Lipinski definition) is 4. The minimum Gasteiger partial charge on any atom is -0.461 e. The topological polar surface area (TPSA) is 66.8 Å². The van der Waals surface area contributed by atoms with Gasteiger partial charge in [0.25, 0.3) is 0 Å². The molecule has 4 rings (SSSR count). The largest absolute Gasteiger partial charge is 0.461 e. The molecular formula is C20H31BrO4. The second kappa shape index (κ2) is 6.49. The highest BCUT2D eigenvalue weighted by molar-refractivity contribution is 9.09. The number of alkyl halides is 1. The molecule has 4 aliphatic carbocycles. The number of rotatable bonds is 1. The maximum atomic E-state index is 11.5. The molecule has 4 nitrogen and oxygen atoms in total. The summed E-state index contributed by atoms with van der Waals surface area (Å²) in [6.07, 6.45) is 6.32. The predicted octanol–water partition coefficient (Wildman–Crippen LogP) is 3.28. The van der Waals surface area contributed by atoms with Crippen molar-refractivity contribution in [3.8, 4) is 0 Å². The second-order valence-electron chi connectivity index (χ2n) is 9.35. The number of esters is 1. The fraction of sp³-hybridized carbons (Fsp3) is 0.950. The Morgan fingerprint density at radius 3 is 2.60 bits per heavy atom. The summed E-state index contributed by atoms with van der Waals surface area (Å²) in [5, 5.41) is 21.2. The number of carbonyl (C=O) groups is 1. The summed E-state index contributed by atoms with van der Waals surface area (Å²) < 4.78 is 5.65. The lowest BCUT2D eigenvalue weighted by Crippen LogP contribution is -2.57. The van der Waals surface area contributed by atoms with Gasteiger partial charge in [0.2, 0.25) is 0 Å². The molecule has 4 unspecified atom stereocenters. The van der Waals surface area contributed by atoms with Crippen LogP contribution in [0.15, 0.2) is 0 Å². The van der Waals surface area contributed by atoms with Crippen molar-refractivity contribution >= 4 is 21.9 Å². The summed E-state index contributed by atoms with van der Waals surface area (Å²) in [5.41, 5.74) is 0.245. The molecule has 25 heavy (non-hydrogen) atoms. The Labute approximate surface area is 158 Å². The van der Waals surface area contributed by atoms with Gasteiger partial charge in [0.05, 0.1) is 17.0 Å². The summed E-state index contributed by atoms with van der Waals surface area (Å²) in [5.74, 6) is 1.90. The Bertz CT molecular complexity index is 540. The summed E-state index contributed by atoms with van der Waals surface area (Å²) in [7, 11) is 0. The van der Waals surface area contributed by atoms with Gasteiger partial charge in [-0.3, -0.25) is 4.79 Å². The zero-order valence-corrected chi connectivity index (χ0v) is 16.8. The maximum Gasteiger partial charge on any atom is 0.302 e. The van der Waals surface area contributed by atoms with Crippen LogP contribution >= 0.6 is 15.9 Å². The van der Waals surface area contributed by atoms with E-state index in [9.17, 15) is 15.0 Å². The van der Waals surface area contributed by atoms with E-state index in [0.717, 1.165) is 44.9 Å². The smallest absolute Gasteiger partial charge is 0.302 e. The summed E-state index contributed by atoms with van der Waals surface area (Å²) in [4.78, 5) is 11.7. The molecule has 0 aromatic heterocycles. The average molecular weight is 415 g/mol. The van der Waals surface area contributed by atoms with E-state index >= 15 is 0 Å². The van der Waals surface area contributed by atoms with Crippen LogP contribution in [0.2, 0.25) is 0 Å². The van der Waals surface area contributed by atoms with Crippen molar-refractivity contribution in [1.82, 2.24) is 0 Å². The molecule has 4 fully saturated rings. The fourth-order valence-corrected chi connectivity index (χ4v) is 8.07. The van der Waals surface area contributed by atoms with Crippen LogP contribution in [-0.2, 0) is 9.53 Å². The predicted molar refractivity (Wildman–Crippen MR) is 98.2 cm³/mol. The number of aliphatic hydroxyl groups is 2. The molecule has 142 valence electrons. The first kappa shape index (κ1) is 18.2. The summed E-state index contributed by atoms with van der Waals surface area (Å²) >= 11 is 3.76. The first-order valence-electron chi connectivity index (χ1n) is 9.98. The van der Waals surface area contributed by atoms with Crippen molar-refractivity contribution in [1.29, 1.82) is 0 Å². The van der Waals surface area contributed by atoms with Crippen molar-refractivity contribution in [2.24, 2.45) is 35.0 Å². The van der Waals surface area contributed by atoms with Crippen LogP contribution in [0, 0.1) is 35.0 Å². The van der Waals surface area contributed by atoms with Crippen LogP contribution in [0.4, 0.5) is 0 Å². The van der Waals surface area contributed by atoms with Gasteiger partial charge in [0, 0.05) is 12.8 Å². The molecule has 0 amide bonds. The van der Waals surface area contributed by atoms with Crippen molar-refractivity contribution in [2.45, 2.75) is 81.9 Å². The molecule has 10 atom stereocenters. The van der Waals surface area contributed by atoms with Gasteiger partial charge in [0.1, 0.15) is 6.10 Å². The number of fused-ring (bicyclic) bond motifs is 5. The van der Waals surface area contributed by atoms with Crippen molar-refractivity contribution in [3.63, 3.8) is 0 Å². The Hall–Kier alpha value is -0.130. The van der Waals surface area contributed by atoms with Gasteiger partial charge < -0.3 is 14.9 Å². The molecule has 0 aromatic rings. The third kappa shape index (κ3) is 2.89. The molecule has 0 aliphatic heterocycles. The van der Waals surface area contributed by atoms with Crippen molar-refractivity contribution in [3.05, 3.63) is 0 Å². The van der Waals surface area contributed by atoms with Crippen LogP contribution in [0.1, 0.15) is 58.8 Å². The molecule has 0 saturated heterocycles. The van der Waals surface area contributed by atoms with Crippen LogP contribution < -0.4 is 0 Å². The molecule has 2 N–H and O–H groups in total. The number of carbonyl (C=O) groups excluding carboxylic acids is 1. The van der Waals surface area contributed by atoms with E-state index in [1.807, 2.05) is 0 Å². The number of hydrogen-bond donors (Lipinski definition) is 2. The highest BCUT2D eigenvalue weighted by atomic mass is 79.9. The number of ether oxygens (including phenoxy) is 1. The zero-order chi connectivity index (χ0) is 17.9. The third-order valence-corrected chi connectivity index (χ3v) is 9.12. The van der Waals surface area contributed by atoms with Crippen LogP contribution in [0.25, 0.3) is 0 Å². The lowest BCUT2D eigenvalue weighted by atomic mass is 9.46. The minimum atomic E-state index is -0.281. The van der Waals surface area contributed by atoms with Gasteiger partial charge in [-0.25, -0.2) is 0 Å². The van der Waals surface area contributed by atoms with Crippen LogP contribution in [0.5, 0.6) is 0 Å². The van der Waals surface area contributed by atoms with E-state index in [2.05, 4.69) is 22.9 Å². The van der Waals surface area contributed by atoms with E-state index in [0.29, 0.717) is 29.6 Å². The van der Waals surface area contributed by atoms with Gasteiger partial charge in [-0.15, -0.1) is 0 Å². The first-order valence-corrected chi connectivity index (χ1v) is 10.9. The quantitative estimate of drug-likeness (QED) is 0.510. The average Bonchev–Trinajstić information content (AvgIpc) is 2.85. The Balaban J connectivity index is 1.60. The van der Waals surface area contributed by atoms with Crippen LogP contribution in [-0.4, -0.2) is 39.3 Å². The SMILES string of the molecule is CC(=O)O[C@H]1[C@H](Br)CC2C3C(CC[C@@H]21)[C@@]1(C)CC[C@H](O)CC1C[C@@H]3O. The number of aliphatic hydroxyl groups excluding tert-OH is 2. The molecule has 4 aliphatic rings. The number of halogens is 1. The fourth-order valence-electron chi connectivity index (χ4n) is 7.14. The molecular weight excluding hydrogens is 384 g/mol. The van der Waals surface area contributed by atoms with E-state index in [4.69, 9.17) is 4.74 Å². The molecule has 4 saturated carbocycles. The third-order valence-electron chi connectivity index (χ3n) is 8.22. The Morgan fingerprint density at radius 2 is 1.88 bits per heavy atom. The lowest BCUT2D eigenvalue weighted by molar-refractivity contribution is -0.166. The van der Waals surface area contributed by atoms with Crippen molar-refractivity contribution in [2.75, 3.05) is 0 Å². The Morgan fingerprint density at radius 1 is 1.12 bits per heavy atom. The molecule has 5 heteroatoms. The van der Waals surface area contributed by atoms with Gasteiger partial charge >= 0.3 is 5.97 Å². The highest BCUT2D eigenvalue weighted by Gasteiger charge is 2.60. The van der Waals surface area contributed by atoms with Gasteiger partial charge in [-0.05, 0) is 74.0 Å². The molecule has 0 heterocycles. The zero-order valence-electron chi connectivity index (χ0n) is 15.2. The minimum absolute atomic E-state index is 0.0469. The Kier molecular flexibility index (Phi) is 4.73. The second-order valence-corrected chi connectivity index (χ2v) is 10.5. The monoisotopic (exact) mass is 414 g/mol. The van der Waals surface area contributed by atoms with E-state index in [-0.39, 0.29) is 34.5 Å². The normalized spacial score (nSPS) is 55.0.